The monoisotopic (exact) mass is 342 g/mol. The van der Waals surface area contributed by atoms with Gasteiger partial charge in [0.25, 0.3) is 9.84 Å². The lowest BCUT2D eigenvalue weighted by atomic mass is 10.0. The van der Waals surface area contributed by atoms with E-state index in [4.69, 9.17) is 5.53 Å². The molecular formula is C14H18N2O4S2. The summed E-state index contributed by atoms with van der Waals surface area (Å²) in [4.78, 5) is 2.01. The molecule has 0 spiro atoms. The van der Waals surface area contributed by atoms with Crippen LogP contribution in [0.1, 0.15) is 37.7 Å². The van der Waals surface area contributed by atoms with Crippen molar-refractivity contribution >= 4 is 25.2 Å². The van der Waals surface area contributed by atoms with E-state index in [1.165, 1.54) is 18.2 Å². The molecular weight excluding hydrogens is 324 g/mol. The van der Waals surface area contributed by atoms with Gasteiger partial charge < -0.3 is 5.53 Å². The van der Waals surface area contributed by atoms with E-state index in [0.29, 0.717) is 24.0 Å². The molecule has 0 heterocycles. The number of sulfone groups is 2. The van der Waals surface area contributed by atoms with Gasteiger partial charge in [-0.25, -0.2) is 16.8 Å². The molecule has 120 valence electrons. The highest BCUT2D eigenvalue weighted by atomic mass is 32.2. The number of aryl methyl sites for hydroxylation is 1. The van der Waals surface area contributed by atoms with Crippen molar-refractivity contribution in [1.82, 2.24) is 0 Å². The van der Waals surface area contributed by atoms with Gasteiger partial charge >= 0.3 is 5.55 Å². The maximum absolute atomic E-state index is 12.8. The van der Waals surface area contributed by atoms with Crippen LogP contribution >= 0.6 is 0 Å². The first kappa shape index (κ1) is 16.9. The Labute approximate surface area is 130 Å². The van der Waals surface area contributed by atoms with E-state index >= 15 is 0 Å². The summed E-state index contributed by atoms with van der Waals surface area (Å²) in [5.74, 6) is 0. The molecule has 0 radical (unpaired) electrons. The van der Waals surface area contributed by atoms with Crippen molar-refractivity contribution in [1.29, 1.82) is 0 Å². The molecule has 0 bridgehead atoms. The summed E-state index contributed by atoms with van der Waals surface area (Å²) in [6.45, 7) is 1.70. The fraction of sp³-hybridized carbons (Fsp3) is 0.500. The molecule has 1 saturated carbocycles. The predicted molar refractivity (Wildman–Crippen MR) is 82.1 cm³/mol. The van der Waals surface area contributed by atoms with E-state index in [-0.39, 0.29) is 9.79 Å². The Bertz CT molecular complexity index is 816. The molecule has 0 saturated heterocycles. The first-order chi connectivity index (χ1) is 10.3. The van der Waals surface area contributed by atoms with Crippen LogP contribution in [-0.4, -0.2) is 32.4 Å². The van der Waals surface area contributed by atoms with Gasteiger partial charge in [-0.15, -0.1) is 0 Å². The molecule has 1 aliphatic rings. The van der Waals surface area contributed by atoms with Crippen LogP contribution in [0.4, 0.5) is 0 Å². The van der Waals surface area contributed by atoms with E-state index in [1.807, 2.05) is 0 Å². The number of nitrogens with zero attached hydrogens (tertiary/aromatic N) is 2. The summed E-state index contributed by atoms with van der Waals surface area (Å²) in [5, 5.41) is -0.553. The Balaban J connectivity index is 2.64. The zero-order valence-electron chi connectivity index (χ0n) is 12.3. The highest BCUT2D eigenvalue weighted by Gasteiger charge is 2.34. The summed E-state index contributed by atoms with van der Waals surface area (Å²) < 4.78 is 49.9. The average Bonchev–Trinajstić information content (AvgIpc) is 2.47. The third-order valence-electron chi connectivity index (χ3n) is 3.89. The van der Waals surface area contributed by atoms with Crippen LogP contribution in [0.3, 0.4) is 0 Å². The van der Waals surface area contributed by atoms with Gasteiger partial charge in [0, 0.05) is 0 Å². The van der Waals surface area contributed by atoms with Gasteiger partial charge in [-0.1, -0.05) is 25.3 Å². The smallest absolute Gasteiger partial charge is 0.361 e. The van der Waals surface area contributed by atoms with Crippen molar-refractivity contribution in [3.05, 3.63) is 29.3 Å². The molecule has 1 fully saturated rings. The molecule has 0 atom stereocenters. The number of hydrogen-bond donors (Lipinski definition) is 0. The highest BCUT2D eigenvalue weighted by molar-refractivity contribution is 8.04. The third-order valence-corrected chi connectivity index (χ3v) is 7.66. The second-order valence-corrected chi connectivity index (χ2v) is 9.46. The Morgan fingerprint density at radius 3 is 2.32 bits per heavy atom. The van der Waals surface area contributed by atoms with Crippen molar-refractivity contribution in [2.75, 3.05) is 0 Å². The lowest BCUT2D eigenvalue weighted by Gasteiger charge is -2.22. The van der Waals surface area contributed by atoms with Crippen LogP contribution in [0.5, 0.6) is 0 Å². The second-order valence-electron chi connectivity index (χ2n) is 5.52. The van der Waals surface area contributed by atoms with Gasteiger partial charge in [-0.3, -0.25) is 0 Å². The van der Waals surface area contributed by atoms with Crippen LogP contribution in [0, 0.1) is 6.92 Å². The molecule has 0 aliphatic heterocycles. The van der Waals surface area contributed by atoms with Crippen molar-refractivity contribution in [3.8, 4) is 0 Å². The molecule has 0 aromatic heterocycles. The van der Waals surface area contributed by atoms with Crippen molar-refractivity contribution in [2.45, 2.75) is 54.1 Å². The van der Waals surface area contributed by atoms with E-state index in [1.54, 1.807) is 6.92 Å². The maximum Gasteiger partial charge on any atom is 0.374 e. The lowest BCUT2D eigenvalue weighted by Crippen LogP contribution is -2.26. The van der Waals surface area contributed by atoms with Crippen LogP contribution in [0.15, 0.2) is 28.0 Å². The SMILES string of the molecule is Cc1ccc(S(=O)(=O)C=[N+]=[N-])c(S(=O)(=O)C2CCCCC2)c1. The molecule has 1 aliphatic carbocycles. The summed E-state index contributed by atoms with van der Waals surface area (Å²) in [7, 11) is -7.84. The largest absolute Gasteiger partial charge is 0.374 e. The molecule has 0 amide bonds. The van der Waals surface area contributed by atoms with Crippen LogP contribution < -0.4 is 0 Å². The fourth-order valence-corrected chi connectivity index (χ4v) is 6.29. The van der Waals surface area contributed by atoms with Gasteiger partial charge in [-0.05, 0) is 37.5 Å². The zero-order valence-corrected chi connectivity index (χ0v) is 13.9. The Morgan fingerprint density at radius 1 is 1.09 bits per heavy atom. The summed E-state index contributed by atoms with van der Waals surface area (Å²) in [6.07, 6.45) is 3.75. The minimum absolute atomic E-state index is 0.195. The quantitative estimate of drug-likeness (QED) is 0.362. The normalized spacial score (nSPS) is 17.0. The minimum atomic E-state index is -4.10. The van der Waals surface area contributed by atoms with Crippen LogP contribution in [0.25, 0.3) is 5.53 Å². The van der Waals surface area contributed by atoms with Crippen molar-refractivity contribution in [2.24, 2.45) is 0 Å². The number of rotatable bonds is 4. The molecule has 2 rings (SSSR count). The topological polar surface area (TPSA) is 105 Å². The van der Waals surface area contributed by atoms with Gasteiger partial charge in [-0.2, -0.15) is 4.79 Å². The second kappa shape index (κ2) is 6.32. The van der Waals surface area contributed by atoms with E-state index in [0.717, 1.165) is 19.3 Å². The summed E-state index contributed by atoms with van der Waals surface area (Å²) in [5.41, 5.74) is 9.52. The van der Waals surface area contributed by atoms with E-state index < -0.39 is 24.9 Å². The van der Waals surface area contributed by atoms with E-state index in [9.17, 15) is 16.8 Å². The number of hydrogen-bond acceptors (Lipinski definition) is 4. The van der Waals surface area contributed by atoms with Crippen LogP contribution in [0.2, 0.25) is 0 Å². The zero-order chi connectivity index (χ0) is 16.4. The van der Waals surface area contributed by atoms with Gasteiger partial charge in [0.15, 0.2) is 9.84 Å². The Hall–Kier alpha value is -1.50. The van der Waals surface area contributed by atoms with Gasteiger partial charge in [0.05, 0.1) is 15.0 Å². The van der Waals surface area contributed by atoms with Gasteiger partial charge in [0.1, 0.15) is 0 Å². The number of benzene rings is 1. The summed E-state index contributed by atoms with van der Waals surface area (Å²) in [6, 6.07) is 4.15. The molecule has 1 aromatic rings. The minimum Gasteiger partial charge on any atom is -0.361 e. The molecule has 1 aromatic carbocycles. The highest BCUT2D eigenvalue weighted by Crippen LogP contribution is 2.32. The first-order valence-corrected chi connectivity index (χ1v) is 10.2. The van der Waals surface area contributed by atoms with Gasteiger partial charge in [0.2, 0.25) is 0 Å². The summed E-state index contributed by atoms with van der Waals surface area (Å²) >= 11 is 0. The molecule has 0 unspecified atom stereocenters. The van der Waals surface area contributed by atoms with Crippen LogP contribution in [-0.2, 0) is 19.7 Å². The molecule has 8 heteroatoms. The molecule has 6 nitrogen and oxygen atoms in total. The first-order valence-electron chi connectivity index (χ1n) is 7.06. The maximum atomic E-state index is 12.8. The molecule has 22 heavy (non-hydrogen) atoms. The predicted octanol–water partition coefficient (Wildman–Crippen LogP) is 2.13. The average molecular weight is 342 g/mol. The van der Waals surface area contributed by atoms with Crippen molar-refractivity contribution in [3.63, 3.8) is 0 Å². The Kier molecular flexibility index (Phi) is 4.84. The van der Waals surface area contributed by atoms with E-state index in [2.05, 4.69) is 4.79 Å². The standard InChI is InChI=1S/C14H18N2O4S2/c1-11-7-8-13(21(17,18)10-16-15)14(9-11)22(19,20)12-5-3-2-4-6-12/h7-10,12H,2-6H2,1H3. The fourth-order valence-electron chi connectivity index (χ4n) is 2.75. The third kappa shape index (κ3) is 3.29. The Morgan fingerprint density at radius 2 is 1.73 bits per heavy atom. The molecule has 0 N–H and O–H groups in total. The van der Waals surface area contributed by atoms with Crippen molar-refractivity contribution < 1.29 is 21.6 Å². The lowest BCUT2D eigenvalue weighted by molar-refractivity contribution is 0.00753.